The van der Waals surface area contributed by atoms with E-state index in [-0.39, 0.29) is 11.9 Å². The van der Waals surface area contributed by atoms with Crippen molar-refractivity contribution in [1.29, 1.82) is 0 Å². The van der Waals surface area contributed by atoms with E-state index in [1.54, 1.807) is 18.4 Å². The highest BCUT2D eigenvalue weighted by Gasteiger charge is 2.21. The average molecular weight is 359 g/mol. The number of nitrogens with one attached hydrogen (secondary N) is 1. The Morgan fingerprint density at radius 2 is 1.96 bits per heavy atom. The number of hydrogen-bond donors (Lipinski definition) is 1. The minimum atomic E-state index is 0.0716. The zero-order valence-corrected chi connectivity index (χ0v) is 15.6. The van der Waals surface area contributed by atoms with E-state index in [1.807, 2.05) is 36.6 Å². The van der Waals surface area contributed by atoms with Crippen LogP contribution in [0.1, 0.15) is 17.8 Å². The van der Waals surface area contributed by atoms with Crippen molar-refractivity contribution in [2.45, 2.75) is 13.0 Å². The molecular formula is C19H25N3O2S. The Hall–Kier alpha value is -2.05. The van der Waals surface area contributed by atoms with Gasteiger partial charge in [0.2, 0.25) is 5.91 Å². The van der Waals surface area contributed by atoms with Crippen LogP contribution < -0.4 is 15.0 Å². The van der Waals surface area contributed by atoms with Gasteiger partial charge in [-0.3, -0.25) is 9.69 Å². The third-order valence-corrected chi connectivity index (χ3v) is 5.57. The zero-order chi connectivity index (χ0) is 17.6. The van der Waals surface area contributed by atoms with Gasteiger partial charge in [-0.05, 0) is 30.5 Å². The molecule has 0 saturated carbocycles. The van der Waals surface area contributed by atoms with Crippen molar-refractivity contribution in [3.8, 4) is 5.75 Å². The molecular weight excluding hydrogens is 334 g/mol. The van der Waals surface area contributed by atoms with Crippen LogP contribution in [0.4, 0.5) is 5.69 Å². The molecule has 6 heteroatoms. The molecule has 1 aliphatic rings. The smallest absolute Gasteiger partial charge is 0.234 e. The number of rotatable bonds is 6. The van der Waals surface area contributed by atoms with Gasteiger partial charge in [-0.1, -0.05) is 18.2 Å². The number of para-hydroxylation sites is 2. The van der Waals surface area contributed by atoms with Gasteiger partial charge in [-0.2, -0.15) is 0 Å². The largest absolute Gasteiger partial charge is 0.495 e. The summed E-state index contributed by atoms with van der Waals surface area (Å²) in [5.41, 5.74) is 1.13. The Kier molecular flexibility index (Phi) is 5.94. The SMILES string of the molecule is COc1ccccc1N1CCN(CC(=O)N[C@@H](C)c2cccs2)CC1. The van der Waals surface area contributed by atoms with Crippen molar-refractivity contribution in [2.24, 2.45) is 0 Å². The van der Waals surface area contributed by atoms with Crippen LogP contribution in [-0.2, 0) is 4.79 Å². The number of carbonyl (C=O) groups excluding carboxylic acids is 1. The maximum absolute atomic E-state index is 12.3. The van der Waals surface area contributed by atoms with Crippen LogP contribution in [0.5, 0.6) is 5.75 Å². The molecule has 0 spiro atoms. The van der Waals surface area contributed by atoms with E-state index in [9.17, 15) is 4.79 Å². The fourth-order valence-corrected chi connectivity index (χ4v) is 3.87. The topological polar surface area (TPSA) is 44.8 Å². The van der Waals surface area contributed by atoms with E-state index in [2.05, 4.69) is 27.2 Å². The molecule has 3 rings (SSSR count). The molecule has 1 aliphatic heterocycles. The van der Waals surface area contributed by atoms with Crippen LogP contribution in [0.15, 0.2) is 41.8 Å². The Labute approximate surface area is 153 Å². The lowest BCUT2D eigenvalue weighted by molar-refractivity contribution is -0.122. The Bertz CT molecular complexity index is 682. The number of benzene rings is 1. The summed E-state index contributed by atoms with van der Waals surface area (Å²) in [7, 11) is 1.70. The predicted octanol–water partition coefficient (Wildman–Crippen LogP) is 2.76. The fourth-order valence-electron chi connectivity index (χ4n) is 3.14. The van der Waals surface area contributed by atoms with Gasteiger partial charge < -0.3 is 15.0 Å². The molecule has 1 amide bonds. The van der Waals surface area contributed by atoms with Crippen LogP contribution in [0.2, 0.25) is 0 Å². The fraction of sp³-hybridized carbons (Fsp3) is 0.421. The predicted molar refractivity (Wildman–Crippen MR) is 103 cm³/mol. The number of methoxy groups -OCH3 is 1. The van der Waals surface area contributed by atoms with Gasteiger partial charge in [-0.15, -0.1) is 11.3 Å². The first-order chi connectivity index (χ1) is 12.2. The summed E-state index contributed by atoms with van der Waals surface area (Å²) in [4.78, 5) is 18.0. The third kappa shape index (κ3) is 4.52. The molecule has 0 radical (unpaired) electrons. The number of carbonyl (C=O) groups is 1. The van der Waals surface area contributed by atoms with Crippen LogP contribution in [0.3, 0.4) is 0 Å². The molecule has 1 saturated heterocycles. The summed E-state index contributed by atoms with van der Waals surface area (Å²) in [5.74, 6) is 0.991. The Balaban J connectivity index is 1.48. The summed E-state index contributed by atoms with van der Waals surface area (Å²) in [6.45, 7) is 6.03. The molecule has 5 nitrogen and oxygen atoms in total. The summed E-state index contributed by atoms with van der Waals surface area (Å²) in [6.07, 6.45) is 0. The summed E-state index contributed by atoms with van der Waals surface area (Å²) in [6, 6.07) is 12.2. The van der Waals surface area contributed by atoms with E-state index in [0.29, 0.717) is 6.54 Å². The number of piperazine rings is 1. The normalized spacial score (nSPS) is 16.5. The maximum atomic E-state index is 12.3. The standard InChI is InChI=1S/C19H25N3O2S/c1-15(18-8-5-13-25-18)20-19(23)14-21-9-11-22(12-10-21)16-6-3-4-7-17(16)24-2/h3-8,13,15H,9-12,14H2,1-2H3,(H,20,23)/t15-/m0/s1. The molecule has 0 aliphatic carbocycles. The Morgan fingerprint density at radius 1 is 1.20 bits per heavy atom. The first-order valence-electron chi connectivity index (χ1n) is 8.60. The molecule has 2 aromatic rings. The van der Waals surface area contributed by atoms with Crippen molar-refractivity contribution < 1.29 is 9.53 Å². The van der Waals surface area contributed by atoms with Crippen LogP contribution in [0, 0.1) is 0 Å². The number of hydrogen-bond acceptors (Lipinski definition) is 5. The van der Waals surface area contributed by atoms with E-state index in [1.165, 1.54) is 4.88 Å². The first kappa shape index (κ1) is 17.8. The zero-order valence-electron chi connectivity index (χ0n) is 14.8. The molecule has 25 heavy (non-hydrogen) atoms. The number of nitrogens with zero attached hydrogens (tertiary/aromatic N) is 2. The lowest BCUT2D eigenvalue weighted by atomic mass is 10.2. The molecule has 1 atom stereocenters. The van der Waals surface area contributed by atoms with Gasteiger partial charge in [0.15, 0.2) is 0 Å². The highest BCUT2D eigenvalue weighted by molar-refractivity contribution is 7.10. The third-order valence-electron chi connectivity index (χ3n) is 4.51. The first-order valence-corrected chi connectivity index (χ1v) is 9.48. The minimum absolute atomic E-state index is 0.0716. The summed E-state index contributed by atoms with van der Waals surface area (Å²) in [5, 5.41) is 5.12. The van der Waals surface area contributed by atoms with Crippen LogP contribution in [0.25, 0.3) is 0 Å². The molecule has 1 fully saturated rings. The lowest BCUT2D eigenvalue weighted by Gasteiger charge is -2.36. The highest BCUT2D eigenvalue weighted by Crippen LogP contribution is 2.28. The van der Waals surface area contributed by atoms with E-state index in [4.69, 9.17) is 4.74 Å². The van der Waals surface area contributed by atoms with Gasteiger partial charge in [-0.25, -0.2) is 0 Å². The lowest BCUT2D eigenvalue weighted by Crippen LogP contribution is -2.49. The number of thiophene rings is 1. The van der Waals surface area contributed by atoms with E-state index < -0.39 is 0 Å². The van der Waals surface area contributed by atoms with Crippen LogP contribution in [-0.4, -0.2) is 50.6 Å². The average Bonchev–Trinajstić information content (AvgIpc) is 3.17. The van der Waals surface area contributed by atoms with Gasteiger partial charge in [0, 0.05) is 31.1 Å². The number of ether oxygens (including phenoxy) is 1. The van der Waals surface area contributed by atoms with Gasteiger partial charge in [0.1, 0.15) is 5.75 Å². The van der Waals surface area contributed by atoms with Gasteiger partial charge in [0.25, 0.3) is 0 Å². The molecule has 0 unspecified atom stereocenters. The summed E-state index contributed by atoms with van der Waals surface area (Å²) >= 11 is 1.67. The number of amides is 1. The molecule has 0 bridgehead atoms. The second-order valence-corrected chi connectivity index (χ2v) is 7.22. The summed E-state index contributed by atoms with van der Waals surface area (Å²) < 4.78 is 5.45. The highest BCUT2D eigenvalue weighted by atomic mass is 32.1. The van der Waals surface area contributed by atoms with Crippen molar-refractivity contribution in [3.05, 3.63) is 46.7 Å². The Morgan fingerprint density at radius 3 is 2.64 bits per heavy atom. The molecule has 1 N–H and O–H groups in total. The number of anilines is 1. The molecule has 1 aromatic heterocycles. The monoisotopic (exact) mass is 359 g/mol. The second-order valence-electron chi connectivity index (χ2n) is 6.24. The van der Waals surface area contributed by atoms with Gasteiger partial charge in [0.05, 0.1) is 25.4 Å². The molecule has 1 aromatic carbocycles. The van der Waals surface area contributed by atoms with Crippen molar-refractivity contribution in [2.75, 3.05) is 44.7 Å². The molecule has 134 valence electrons. The van der Waals surface area contributed by atoms with Crippen LogP contribution >= 0.6 is 11.3 Å². The van der Waals surface area contributed by atoms with Crippen molar-refractivity contribution >= 4 is 22.9 Å². The van der Waals surface area contributed by atoms with E-state index in [0.717, 1.165) is 37.6 Å². The maximum Gasteiger partial charge on any atom is 0.234 e. The quantitative estimate of drug-likeness (QED) is 0.861. The van der Waals surface area contributed by atoms with Crippen molar-refractivity contribution in [1.82, 2.24) is 10.2 Å². The van der Waals surface area contributed by atoms with Gasteiger partial charge >= 0.3 is 0 Å². The van der Waals surface area contributed by atoms with Crippen molar-refractivity contribution in [3.63, 3.8) is 0 Å². The molecule has 2 heterocycles. The second kappa shape index (κ2) is 8.36. The minimum Gasteiger partial charge on any atom is -0.495 e. The van der Waals surface area contributed by atoms with E-state index >= 15 is 0 Å².